The van der Waals surface area contributed by atoms with Gasteiger partial charge in [0.15, 0.2) is 5.79 Å². The molecule has 122 valence electrons. The highest BCUT2D eigenvalue weighted by Gasteiger charge is 2.30. The molecule has 1 atom stereocenters. The van der Waals surface area contributed by atoms with E-state index >= 15 is 0 Å². The lowest BCUT2D eigenvalue weighted by Crippen LogP contribution is -2.35. The van der Waals surface area contributed by atoms with Gasteiger partial charge in [0.2, 0.25) is 0 Å². The molecule has 0 saturated heterocycles. The molecule has 3 nitrogen and oxygen atoms in total. The van der Waals surface area contributed by atoms with Crippen LogP contribution in [0.3, 0.4) is 0 Å². The molecule has 0 heterocycles. The van der Waals surface area contributed by atoms with Gasteiger partial charge in [0.1, 0.15) is 0 Å². The molecule has 1 unspecified atom stereocenters. The molecule has 0 aliphatic rings. The maximum Gasteiger partial charge on any atom is 0.167 e. The minimum Gasteiger partial charge on any atom is -0.379 e. The molecule has 0 spiro atoms. The summed E-state index contributed by atoms with van der Waals surface area (Å²) < 4.78 is 17.0. The first-order chi connectivity index (χ1) is 9.51. The summed E-state index contributed by atoms with van der Waals surface area (Å²) in [6, 6.07) is 0. The molecular weight excluding hydrogens is 252 g/mol. The lowest BCUT2D eigenvalue weighted by atomic mass is 9.91. The van der Waals surface area contributed by atoms with Crippen molar-refractivity contribution in [2.75, 3.05) is 21.3 Å². The van der Waals surface area contributed by atoms with Gasteiger partial charge in [0, 0.05) is 34.2 Å². The standard InChI is InChI=1S/C17H36O3/c1-7-9-10-14-17(19-5,20-6)15-11-13-16(3,18-4)12-8-2/h7-15H2,1-6H3. The average Bonchev–Trinajstić information content (AvgIpc) is 2.46. The Morgan fingerprint density at radius 1 is 0.650 bits per heavy atom. The minimum atomic E-state index is -0.407. The normalized spacial score (nSPS) is 15.3. The Bertz CT molecular complexity index is 226. The van der Waals surface area contributed by atoms with Crippen LogP contribution in [0.2, 0.25) is 0 Å². The van der Waals surface area contributed by atoms with Crippen LogP contribution in [0.1, 0.15) is 78.6 Å². The second-order valence-corrected chi connectivity index (χ2v) is 6.03. The van der Waals surface area contributed by atoms with Gasteiger partial charge in [-0.3, -0.25) is 0 Å². The van der Waals surface area contributed by atoms with Crippen molar-refractivity contribution >= 4 is 0 Å². The van der Waals surface area contributed by atoms with Gasteiger partial charge < -0.3 is 14.2 Å². The maximum absolute atomic E-state index is 5.68. The van der Waals surface area contributed by atoms with E-state index in [1.54, 1.807) is 14.2 Å². The summed E-state index contributed by atoms with van der Waals surface area (Å²) in [6.07, 6.45) is 9.92. The summed E-state index contributed by atoms with van der Waals surface area (Å²) in [5.41, 5.74) is -0.00854. The van der Waals surface area contributed by atoms with E-state index in [2.05, 4.69) is 20.8 Å². The monoisotopic (exact) mass is 288 g/mol. The summed E-state index contributed by atoms with van der Waals surface area (Å²) in [5, 5.41) is 0. The highest BCUT2D eigenvalue weighted by molar-refractivity contribution is 4.77. The Labute approximate surface area is 126 Å². The molecule has 20 heavy (non-hydrogen) atoms. The Kier molecular flexibility index (Phi) is 10.5. The molecule has 0 saturated carbocycles. The Hall–Kier alpha value is -0.120. The molecule has 0 aliphatic heterocycles. The first kappa shape index (κ1) is 19.9. The zero-order valence-corrected chi connectivity index (χ0v) is 14.6. The van der Waals surface area contributed by atoms with Crippen molar-refractivity contribution in [2.24, 2.45) is 0 Å². The third kappa shape index (κ3) is 7.05. The number of hydrogen-bond donors (Lipinski definition) is 0. The summed E-state index contributed by atoms with van der Waals surface area (Å²) >= 11 is 0. The van der Waals surface area contributed by atoms with Gasteiger partial charge in [0.05, 0.1) is 5.60 Å². The van der Waals surface area contributed by atoms with E-state index < -0.39 is 5.79 Å². The van der Waals surface area contributed by atoms with Crippen LogP contribution in [0.5, 0.6) is 0 Å². The SMILES string of the molecule is CCCCCC(CCCC(C)(CCC)OC)(OC)OC. The van der Waals surface area contributed by atoms with Crippen LogP contribution in [-0.4, -0.2) is 32.7 Å². The van der Waals surface area contributed by atoms with Gasteiger partial charge in [-0.05, 0) is 32.6 Å². The van der Waals surface area contributed by atoms with Crippen LogP contribution in [0.25, 0.3) is 0 Å². The van der Waals surface area contributed by atoms with E-state index in [9.17, 15) is 0 Å². The first-order valence-corrected chi connectivity index (χ1v) is 8.17. The summed E-state index contributed by atoms with van der Waals surface area (Å²) in [4.78, 5) is 0. The Morgan fingerprint density at radius 3 is 1.70 bits per heavy atom. The highest BCUT2D eigenvalue weighted by atomic mass is 16.7. The molecule has 0 N–H and O–H groups in total. The van der Waals surface area contributed by atoms with Crippen LogP contribution in [0.15, 0.2) is 0 Å². The number of hydrogen-bond acceptors (Lipinski definition) is 3. The van der Waals surface area contributed by atoms with Crippen LogP contribution < -0.4 is 0 Å². The van der Waals surface area contributed by atoms with E-state index in [1.165, 1.54) is 12.8 Å². The van der Waals surface area contributed by atoms with Crippen molar-refractivity contribution in [3.05, 3.63) is 0 Å². The van der Waals surface area contributed by atoms with Crippen molar-refractivity contribution in [1.29, 1.82) is 0 Å². The molecule has 0 aromatic rings. The molecule has 0 aromatic carbocycles. The zero-order valence-electron chi connectivity index (χ0n) is 14.6. The molecule has 0 fully saturated rings. The topological polar surface area (TPSA) is 27.7 Å². The van der Waals surface area contributed by atoms with Crippen LogP contribution in [0.4, 0.5) is 0 Å². The number of rotatable bonds is 13. The van der Waals surface area contributed by atoms with Gasteiger partial charge in [-0.2, -0.15) is 0 Å². The summed E-state index contributed by atoms with van der Waals surface area (Å²) in [6.45, 7) is 6.63. The Balaban J connectivity index is 4.31. The zero-order chi connectivity index (χ0) is 15.5. The van der Waals surface area contributed by atoms with Crippen molar-refractivity contribution in [2.45, 2.75) is 89.9 Å². The van der Waals surface area contributed by atoms with Gasteiger partial charge in [0.25, 0.3) is 0 Å². The van der Waals surface area contributed by atoms with E-state index in [4.69, 9.17) is 14.2 Å². The van der Waals surface area contributed by atoms with E-state index in [-0.39, 0.29) is 5.60 Å². The Morgan fingerprint density at radius 2 is 1.25 bits per heavy atom. The largest absolute Gasteiger partial charge is 0.379 e. The predicted molar refractivity (Wildman–Crippen MR) is 85.1 cm³/mol. The smallest absolute Gasteiger partial charge is 0.167 e. The molecule has 3 heteroatoms. The third-order valence-electron chi connectivity index (χ3n) is 4.44. The average molecular weight is 288 g/mol. The fourth-order valence-corrected chi connectivity index (χ4v) is 2.85. The third-order valence-corrected chi connectivity index (χ3v) is 4.44. The van der Waals surface area contributed by atoms with E-state index in [0.717, 1.165) is 44.9 Å². The molecule has 0 aliphatic carbocycles. The lowest BCUT2D eigenvalue weighted by Gasteiger charge is -2.33. The number of methoxy groups -OCH3 is 3. The van der Waals surface area contributed by atoms with Crippen molar-refractivity contribution in [1.82, 2.24) is 0 Å². The summed E-state index contributed by atoms with van der Waals surface area (Å²) in [7, 11) is 5.34. The van der Waals surface area contributed by atoms with Crippen LogP contribution in [-0.2, 0) is 14.2 Å². The van der Waals surface area contributed by atoms with Crippen LogP contribution in [0, 0.1) is 0 Å². The van der Waals surface area contributed by atoms with Gasteiger partial charge in [-0.15, -0.1) is 0 Å². The minimum absolute atomic E-state index is 0.00854. The van der Waals surface area contributed by atoms with Gasteiger partial charge >= 0.3 is 0 Å². The number of ether oxygens (including phenoxy) is 3. The molecule has 0 amide bonds. The van der Waals surface area contributed by atoms with E-state index in [0.29, 0.717) is 0 Å². The van der Waals surface area contributed by atoms with Crippen molar-refractivity contribution in [3.63, 3.8) is 0 Å². The quantitative estimate of drug-likeness (QED) is 0.355. The van der Waals surface area contributed by atoms with Crippen molar-refractivity contribution in [3.8, 4) is 0 Å². The summed E-state index contributed by atoms with van der Waals surface area (Å²) in [5.74, 6) is -0.407. The fraction of sp³-hybridized carbons (Fsp3) is 1.00. The molecule has 0 rings (SSSR count). The van der Waals surface area contributed by atoms with Crippen molar-refractivity contribution < 1.29 is 14.2 Å². The second kappa shape index (κ2) is 10.6. The molecule has 0 bridgehead atoms. The number of unbranched alkanes of at least 4 members (excludes halogenated alkanes) is 2. The predicted octanol–water partition coefficient (Wildman–Crippen LogP) is 4.93. The van der Waals surface area contributed by atoms with Gasteiger partial charge in [-0.1, -0.05) is 33.1 Å². The van der Waals surface area contributed by atoms with Crippen LogP contribution >= 0.6 is 0 Å². The lowest BCUT2D eigenvalue weighted by molar-refractivity contribution is -0.217. The molecule has 0 radical (unpaired) electrons. The van der Waals surface area contributed by atoms with Gasteiger partial charge in [-0.25, -0.2) is 0 Å². The maximum atomic E-state index is 5.68. The van der Waals surface area contributed by atoms with E-state index in [1.807, 2.05) is 7.11 Å². The molecule has 0 aromatic heterocycles. The second-order valence-electron chi connectivity index (χ2n) is 6.03. The highest BCUT2D eigenvalue weighted by Crippen LogP contribution is 2.30. The fourth-order valence-electron chi connectivity index (χ4n) is 2.85. The molecular formula is C17H36O3. The first-order valence-electron chi connectivity index (χ1n) is 8.17.